The van der Waals surface area contributed by atoms with Gasteiger partial charge in [0.15, 0.2) is 0 Å². The minimum Gasteiger partial charge on any atom is -0.385 e. The molecule has 16 heavy (non-hydrogen) atoms. The second-order valence-electron chi connectivity index (χ2n) is 3.99. The van der Waals surface area contributed by atoms with Crippen molar-refractivity contribution in [2.24, 2.45) is 10.9 Å². The molecule has 2 rings (SSSR count). The third-order valence-electron chi connectivity index (χ3n) is 2.90. The quantitative estimate of drug-likeness (QED) is 0.687. The fraction of sp³-hybridized carbons (Fsp3) is 0.545. The average molecular weight is 230 g/mol. The summed E-state index contributed by atoms with van der Waals surface area (Å²) in [7, 11) is 0. The topological polar surface area (TPSA) is 24.4 Å². The number of alkyl halides is 3. The van der Waals surface area contributed by atoms with Crippen molar-refractivity contribution in [2.45, 2.75) is 25.1 Å². The predicted molar refractivity (Wildman–Crippen MR) is 56.3 cm³/mol. The van der Waals surface area contributed by atoms with E-state index in [-0.39, 0.29) is 12.5 Å². The molecule has 2 atom stereocenters. The van der Waals surface area contributed by atoms with Crippen LogP contribution in [0.3, 0.4) is 0 Å². The molecule has 0 amide bonds. The normalized spacial score (nSPS) is 29.8. The molecule has 0 aliphatic carbocycles. The first kappa shape index (κ1) is 11.2. The number of aliphatic imine (C=N–C) groups is 1. The summed E-state index contributed by atoms with van der Waals surface area (Å²) in [5, 5.41) is 2.98. The Labute approximate surface area is 91.9 Å². The summed E-state index contributed by atoms with van der Waals surface area (Å²) in [6.07, 6.45) is 2.87. The summed E-state index contributed by atoms with van der Waals surface area (Å²) < 4.78 is 37.7. The summed E-state index contributed by atoms with van der Waals surface area (Å²) in [5.41, 5.74) is 1.01. The van der Waals surface area contributed by atoms with E-state index in [1.807, 2.05) is 6.08 Å². The highest BCUT2D eigenvalue weighted by Crippen LogP contribution is 2.34. The van der Waals surface area contributed by atoms with Crippen LogP contribution in [-0.2, 0) is 0 Å². The summed E-state index contributed by atoms with van der Waals surface area (Å²) in [6.45, 7) is 0.577. The van der Waals surface area contributed by atoms with Gasteiger partial charge in [0.25, 0.3) is 0 Å². The van der Waals surface area contributed by atoms with Crippen molar-refractivity contribution in [3.63, 3.8) is 0 Å². The van der Waals surface area contributed by atoms with E-state index in [0.29, 0.717) is 13.0 Å². The largest absolute Gasteiger partial charge is 0.395 e. The van der Waals surface area contributed by atoms with Gasteiger partial charge in [0.2, 0.25) is 0 Å². The molecule has 0 aromatic heterocycles. The Morgan fingerprint density at radius 2 is 2.19 bits per heavy atom. The Balaban J connectivity index is 2.04. The van der Waals surface area contributed by atoms with Gasteiger partial charge in [0.1, 0.15) is 0 Å². The number of hydrogen-bond acceptors (Lipinski definition) is 2. The Morgan fingerprint density at radius 1 is 1.38 bits per heavy atom. The van der Waals surface area contributed by atoms with Crippen LogP contribution in [0.2, 0.25) is 0 Å². The zero-order valence-corrected chi connectivity index (χ0v) is 8.67. The molecule has 5 heteroatoms. The molecule has 88 valence electrons. The lowest BCUT2D eigenvalue weighted by Gasteiger charge is -2.29. The summed E-state index contributed by atoms with van der Waals surface area (Å²) in [5.74, 6) is -1.33. The molecule has 0 aromatic carbocycles. The zero-order valence-electron chi connectivity index (χ0n) is 8.67. The second kappa shape index (κ2) is 4.31. The SMILES string of the molecule is FC(F)(F)C1C=CNC(C2=CCN=CC2)C1. The molecule has 2 nitrogen and oxygen atoms in total. The molecule has 2 heterocycles. The van der Waals surface area contributed by atoms with Crippen molar-refractivity contribution >= 4 is 6.21 Å². The Bertz CT molecular complexity index is 342. The van der Waals surface area contributed by atoms with Crippen LogP contribution in [0.1, 0.15) is 12.8 Å². The fourth-order valence-electron chi connectivity index (χ4n) is 1.97. The Kier molecular flexibility index (Phi) is 3.03. The summed E-state index contributed by atoms with van der Waals surface area (Å²) >= 11 is 0. The van der Waals surface area contributed by atoms with E-state index in [9.17, 15) is 13.2 Å². The van der Waals surface area contributed by atoms with Crippen LogP contribution < -0.4 is 5.32 Å². The first-order chi connectivity index (χ1) is 7.57. The molecule has 2 aliphatic rings. The van der Waals surface area contributed by atoms with Gasteiger partial charge in [0.05, 0.1) is 12.5 Å². The van der Waals surface area contributed by atoms with Crippen molar-refractivity contribution in [1.82, 2.24) is 5.32 Å². The van der Waals surface area contributed by atoms with Gasteiger partial charge in [-0.25, -0.2) is 0 Å². The zero-order chi connectivity index (χ0) is 11.6. The molecule has 0 spiro atoms. The molecular weight excluding hydrogens is 217 g/mol. The maximum atomic E-state index is 12.6. The van der Waals surface area contributed by atoms with Crippen molar-refractivity contribution < 1.29 is 13.2 Å². The lowest BCUT2D eigenvalue weighted by atomic mass is 9.89. The highest BCUT2D eigenvalue weighted by molar-refractivity contribution is 5.63. The number of nitrogens with zero attached hydrogens (tertiary/aromatic N) is 1. The molecule has 0 saturated heterocycles. The van der Waals surface area contributed by atoms with Crippen LogP contribution in [-0.4, -0.2) is 25.0 Å². The van der Waals surface area contributed by atoms with Gasteiger partial charge >= 0.3 is 6.18 Å². The van der Waals surface area contributed by atoms with E-state index < -0.39 is 12.1 Å². The van der Waals surface area contributed by atoms with Gasteiger partial charge in [-0.3, -0.25) is 4.99 Å². The molecule has 0 fully saturated rings. The molecule has 1 N–H and O–H groups in total. The van der Waals surface area contributed by atoms with Crippen molar-refractivity contribution in [3.8, 4) is 0 Å². The number of dihydropyridines is 1. The molecular formula is C11H13F3N2. The number of rotatable bonds is 1. The average Bonchev–Trinajstić information content (AvgIpc) is 2.29. The van der Waals surface area contributed by atoms with Gasteiger partial charge < -0.3 is 5.32 Å². The second-order valence-corrected chi connectivity index (χ2v) is 3.99. The Hall–Kier alpha value is -1.26. The highest BCUT2D eigenvalue weighted by Gasteiger charge is 2.40. The van der Waals surface area contributed by atoms with Crippen LogP contribution in [0.4, 0.5) is 13.2 Å². The predicted octanol–water partition coefficient (Wildman–Crippen LogP) is 2.44. The number of hydrogen-bond donors (Lipinski definition) is 1. The molecule has 2 unspecified atom stereocenters. The van der Waals surface area contributed by atoms with E-state index in [4.69, 9.17) is 0 Å². The minimum atomic E-state index is -4.14. The fourth-order valence-corrected chi connectivity index (χ4v) is 1.97. The summed E-state index contributed by atoms with van der Waals surface area (Å²) in [6, 6.07) is -0.205. The van der Waals surface area contributed by atoms with Gasteiger partial charge in [-0.05, 0) is 18.2 Å². The molecule has 0 saturated carbocycles. The molecule has 0 radical (unpaired) electrons. The van der Waals surface area contributed by atoms with Crippen LogP contribution in [0.15, 0.2) is 28.9 Å². The van der Waals surface area contributed by atoms with E-state index in [0.717, 1.165) is 5.57 Å². The maximum Gasteiger partial charge on any atom is 0.395 e. The minimum absolute atomic E-state index is 0.0830. The third kappa shape index (κ3) is 2.46. The monoisotopic (exact) mass is 230 g/mol. The van der Waals surface area contributed by atoms with Crippen molar-refractivity contribution in [1.29, 1.82) is 0 Å². The van der Waals surface area contributed by atoms with Crippen LogP contribution in [0, 0.1) is 5.92 Å². The number of halogens is 3. The first-order valence-electron chi connectivity index (χ1n) is 5.24. The molecule has 0 bridgehead atoms. The highest BCUT2D eigenvalue weighted by atomic mass is 19.4. The number of allylic oxidation sites excluding steroid dienone is 1. The third-order valence-corrected chi connectivity index (χ3v) is 2.90. The Morgan fingerprint density at radius 3 is 2.81 bits per heavy atom. The van der Waals surface area contributed by atoms with Crippen molar-refractivity contribution in [2.75, 3.05) is 6.54 Å². The van der Waals surface area contributed by atoms with E-state index >= 15 is 0 Å². The van der Waals surface area contributed by atoms with Crippen LogP contribution >= 0.6 is 0 Å². The van der Waals surface area contributed by atoms with Crippen LogP contribution in [0.25, 0.3) is 0 Å². The first-order valence-corrected chi connectivity index (χ1v) is 5.24. The number of nitrogens with one attached hydrogen (secondary N) is 1. The van der Waals surface area contributed by atoms with Gasteiger partial charge in [0, 0.05) is 18.7 Å². The van der Waals surface area contributed by atoms with Crippen molar-refractivity contribution in [3.05, 3.63) is 23.9 Å². The molecule has 0 aromatic rings. The smallest absolute Gasteiger partial charge is 0.385 e. The summed E-state index contributed by atoms with van der Waals surface area (Å²) in [4.78, 5) is 4.02. The van der Waals surface area contributed by atoms with E-state index in [1.165, 1.54) is 12.3 Å². The van der Waals surface area contributed by atoms with Gasteiger partial charge in [-0.15, -0.1) is 0 Å². The molecule has 2 aliphatic heterocycles. The van der Waals surface area contributed by atoms with Gasteiger partial charge in [-0.2, -0.15) is 13.2 Å². The lowest BCUT2D eigenvalue weighted by molar-refractivity contribution is -0.164. The van der Waals surface area contributed by atoms with E-state index in [2.05, 4.69) is 10.3 Å². The van der Waals surface area contributed by atoms with Crippen LogP contribution in [0.5, 0.6) is 0 Å². The van der Waals surface area contributed by atoms with Gasteiger partial charge in [-0.1, -0.05) is 12.2 Å². The van der Waals surface area contributed by atoms with E-state index in [1.54, 1.807) is 6.21 Å². The standard InChI is InChI=1S/C11H13F3N2/c12-11(13,14)9-3-6-16-10(7-9)8-1-4-15-5-2-8/h1,3,5-6,9-10,16H,2,4,7H2. The maximum absolute atomic E-state index is 12.6. The lowest BCUT2D eigenvalue weighted by Crippen LogP contribution is -2.37.